The molecule has 1 unspecified atom stereocenters. The molecule has 160 valence electrons. The van der Waals surface area contributed by atoms with Crippen molar-refractivity contribution in [1.29, 1.82) is 0 Å². The maximum Gasteiger partial charge on any atom is 0.475 e. The van der Waals surface area contributed by atoms with Crippen LogP contribution in [0.2, 0.25) is 0 Å². The number of benzene rings is 2. The molecule has 8 nitrogen and oxygen atoms in total. The van der Waals surface area contributed by atoms with Gasteiger partial charge in [0, 0.05) is 25.2 Å². The molecule has 0 heterocycles. The average molecular weight is 416 g/mol. The number of amides is 1. The molecule has 0 aliphatic rings. The summed E-state index contributed by atoms with van der Waals surface area (Å²) in [4.78, 5) is 12.2. The first-order chi connectivity index (χ1) is 14.3. The molecule has 2 aromatic carbocycles. The highest BCUT2D eigenvalue weighted by atomic mass is 19.1. The van der Waals surface area contributed by atoms with E-state index in [2.05, 4.69) is 5.32 Å². The van der Waals surface area contributed by atoms with E-state index in [0.717, 1.165) is 5.56 Å². The number of nitrogens with two attached hydrogens (primary N) is 2. The van der Waals surface area contributed by atoms with E-state index in [0.29, 0.717) is 17.0 Å². The molecule has 7 N–H and O–H groups in total. The first-order valence-corrected chi connectivity index (χ1v) is 9.31. The van der Waals surface area contributed by atoms with E-state index in [9.17, 15) is 19.2 Å². The second-order valence-electron chi connectivity index (χ2n) is 6.73. The molecule has 1 atom stereocenters. The van der Waals surface area contributed by atoms with E-state index in [1.807, 2.05) is 30.3 Å². The minimum atomic E-state index is -1.83. The number of nitrogens with zero attached hydrogens (tertiary/aromatic N) is 1. The molecule has 0 saturated carbocycles. The van der Waals surface area contributed by atoms with Crippen LogP contribution in [0.3, 0.4) is 0 Å². The van der Waals surface area contributed by atoms with Crippen LogP contribution in [-0.2, 0) is 11.2 Å². The summed E-state index contributed by atoms with van der Waals surface area (Å²) in [6.07, 6.45) is 1.51. The molecule has 0 aliphatic heterocycles. The van der Waals surface area contributed by atoms with Crippen molar-refractivity contribution in [1.82, 2.24) is 10.3 Å². The maximum atomic E-state index is 13.6. The standard InChI is InChI=1S/C20H26BFN4O4/c1-30-17-10-14(9-16(22)12-17)11-19(21(28)29)25-20(27)7-8-26(24)13-18(23)15-5-3-2-4-6-15/h2-6,9-10,12-13,19,28-29H,7-8,11,23-24H2,1H3,(H,25,27)/b18-13-. The summed E-state index contributed by atoms with van der Waals surface area (Å²) < 4.78 is 18.6. The van der Waals surface area contributed by atoms with Crippen LogP contribution in [0.5, 0.6) is 5.75 Å². The highest BCUT2D eigenvalue weighted by Crippen LogP contribution is 2.17. The minimum absolute atomic E-state index is 0.00469. The Balaban J connectivity index is 1.91. The van der Waals surface area contributed by atoms with Crippen LogP contribution < -0.4 is 21.6 Å². The third-order valence-corrected chi connectivity index (χ3v) is 4.34. The van der Waals surface area contributed by atoms with Gasteiger partial charge in [0.2, 0.25) is 5.91 Å². The third kappa shape index (κ3) is 7.39. The van der Waals surface area contributed by atoms with Gasteiger partial charge in [0.05, 0.1) is 18.7 Å². The number of hydrazine groups is 1. The van der Waals surface area contributed by atoms with Gasteiger partial charge in [-0.15, -0.1) is 0 Å². The first kappa shape index (κ1) is 23.2. The number of methoxy groups -OCH3 is 1. The van der Waals surface area contributed by atoms with Crippen LogP contribution in [0.25, 0.3) is 5.70 Å². The monoisotopic (exact) mass is 416 g/mol. The van der Waals surface area contributed by atoms with Gasteiger partial charge >= 0.3 is 7.12 Å². The molecule has 0 saturated heterocycles. The van der Waals surface area contributed by atoms with Gasteiger partial charge in [0.1, 0.15) is 11.6 Å². The Morgan fingerprint density at radius 1 is 1.30 bits per heavy atom. The molecule has 0 aromatic heterocycles. The maximum absolute atomic E-state index is 13.6. The Labute approximate surface area is 175 Å². The van der Waals surface area contributed by atoms with Crippen LogP contribution in [-0.4, -0.2) is 47.7 Å². The summed E-state index contributed by atoms with van der Waals surface area (Å²) in [5.74, 6) is 4.16. The summed E-state index contributed by atoms with van der Waals surface area (Å²) in [5, 5.41) is 23.0. The van der Waals surface area contributed by atoms with Crippen molar-refractivity contribution >= 4 is 18.7 Å². The normalized spacial score (nSPS) is 12.2. The van der Waals surface area contributed by atoms with Crippen LogP contribution in [0.1, 0.15) is 17.5 Å². The van der Waals surface area contributed by atoms with Crippen molar-refractivity contribution < 1.29 is 24.0 Å². The van der Waals surface area contributed by atoms with E-state index >= 15 is 0 Å². The zero-order chi connectivity index (χ0) is 22.1. The molecule has 0 aliphatic carbocycles. The van der Waals surface area contributed by atoms with Gasteiger partial charge in [0.15, 0.2) is 0 Å². The fraction of sp³-hybridized carbons (Fsp3) is 0.250. The van der Waals surface area contributed by atoms with Gasteiger partial charge in [0.25, 0.3) is 0 Å². The van der Waals surface area contributed by atoms with Gasteiger partial charge in [-0.05, 0) is 29.7 Å². The van der Waals surface area contributed by atoms with Crippen molar-refractivity contribution in [3.63, 3.8) is 0 Å². The lowest BCUT2D eigenvalue weighted by Crippen LogP contribution is -2.48. The molecular formula is C20H26BFN4O4. The first-order valence-electron chi connectivity index (χ1n) is 9.31. The largest absolute Gasteiger partial charge is 0.497 e. The van der Waals surface area contributed by atoms with Crippen molar-refractivity contribution in [2.75, 3.05) is 13.7 Å². The lowest BCUT2D eigenvalue weighted by Gasteiger charge is -2.20. The zero-order valence-corrected chi connectivity index (χ0v) is 16.7. The van der Waals surface area contributed by atoms with Crippen molar-refractivity contribution in [3.05, 3.63) is 71.7 Å². The van der Waals surface area contributed by atoms with Gasteiger partial charge in [-0.25, -0.2) is 10.2 Å². The van der Waals surface area contributed by atoms with E-state index in [1.54, 1.807) is 6.07 Å². The summed E-state index contributed by atoms with van der Waals surface area (Å²) in [6.45, 7) is 0.154. The number of nitrogens with one attached hydrogen (secondary N) is 1. The molecule has 0 fully saturated rings. The van der Waals surface area contributed by atoms with Crippen LogP contribution in [0.4, 0.5) is 4.39 Å². The number of hydrogen-bond acceptors (Lipinski definition) is 7. The number of carbonyl (C=O) groups is 1. The van der Waals surface area contributed by atoms with Gasteiger partial charge < -0.3 is 30.8 Å². The lowest BCUT2D eigenvalue weighted by molar-refractivity contribution is -0.121. The van der Waals surface area contributed by atoms with Crippen LogP contribution in [0, 0.1) is 5.82 Å². The fourth-order valence-corrected chi connectivity index (χ4v) is 2.80. The fourth-order valence-electron chi connectivity index (χ4n) is 2.80. The molecule has 30 heavy (non-hydrogen) atoms. The Morgan fingerprint density at radius 2 is 2.00 bits per heavy atom. The van der Waals surface area contributed by atoms with E-state index < -0.39 is 24.8 Å². The van der Waals surface area contributed by atoms with Gasteiger partial charge in [-0.2, -0.15) is 0 Å². The number of carbonyl (C=O) groups excluding carboxylic acids is 1. The molecule has 2 aromatic rings. The minimum Gasteiger partial charge on any atom is -0.497 e. The number of hydrogen-bond donors (Lipinski definition) is 5. The molecule has 10 heteroatoms. The summed E-state index contributed by atoms with van der Waals surface area (Å²) in [7, 11) is -0.429. The zero-order valence-electron chi connectivity index (χ0n) is 16.7. The van der Waals surface area contributed by atoms with Crippen molar-refractivity contribution in [2.45, 2.75) is 18.8 Å². The molecule has 2 rings (SSSR count). The van der Waals surface area contributed by atoms with E-state index in [1.165, 1.54) is 30.5 Å². The molecular weight excluding hydrogens is 390 g/mol. The SMILES string of the molecule is COc1cc(F)cc(CC(NC(=O)CCN(N)/C=C(\N)c2ccccc2)B(O)O)c1. The summed E-state index contributed by atoms with van der Waals surface area (Å²) >= 11 is 0. The molecule has 0 spiro atoms. The average Bonchev–Trinajstić information content (AvgIpc) is 2.71. The van der Waals surface area contributed by atoms with Crippen LogP contribution in [0.15, 0.2) is 54.7 Å². The Kier molecular flexibility index (Phi) is 8.66. The second kappa shape index (κ2) is 11.2. The van der Waals surface area contributed by atoms with Crippen molar-refractivity contribution in [3.8, 4) is 5.75 Å². The highest BCUT2D eigenvalue weighted by molar-refractivity contribution is 6.43. The highest BCUT2D eigenvalue weighted by Gasteiger charge is 2.26. The predicted octanol–water partition coefficient (Wildman–Crippen LogP) is 0.397. The lowest BCUT2D eigenvalue weighted by atomic mass is 9.76. The van der Waals surface area contributed by atoms with E-state index in [4.69, 9.17) is 16.3 Å². The van der Waals surface area contributed by atoms with Gasteiger partial charge in [-0.1, -0.05) is 30.3 Å². The number of ether oxygens (including phenoxy) is 1. The number of halogens is 1. The summed E-state index contributed by atoms with van der Waals surface area (Å²) in [6, 6.07) is 13.2. The van der Waals surface area contributed by atoms with Crippen LogP contribution >= 0.6 is 0 Å². The third-order valence-electron chi connectivity index (χ3n) is 4.34. The Bertz CT molecular complexity index is 867. The smallest absolute Gasteiger partial charge is 0.475 e. The Morgan fingerprint density at radius 3 is 2.63 bits per heavy atom. The quantitative estimate of drug-likeness (QED) is 0.215. The Hall–Kier alpha value is -3.08. The second-order valence-corrected chi connectivity index (χ2v) is 6.73. The predicted molar refractivity (Wildman–Crippen MR) is 113 cm³/mol. The molecule has 0 bridgehead atoms. The van der Waals surface area contributed by atoms with E-state index in [-0.39, 0.29) is 19.4 Å². The van der Waals surface area contributed by atoms with Gasteiger partial charge in [-0.3, -0.25) is 4.79 Å². The number of rotatable bonds is 10. The molecule has 0 radical (unpaired) electrons. The van der Waals surface area contributed by atoms with Crippen molar-refractivity contribution in [2.24, 2.45) is 11.6 Å². The summed E-state index contributed by atoms with van der Waals surface area (Å²) in [5.41, 5.74) is 7.67. The topological polar surface area (TPSA) is 134 Å². The molecule has 1 amide bonds.